The van der Waals surface area contributed by atoms with Crippen LogP contribution in [0.3, 0.4) is 0 Å². The predicted molar refractivity (Wildman–Crippen MR) is 126 cm³/mol. The van der Waals surface area contributed by atoms with Gasteiger partial charge in [-0.1, -0.05) is 40.9 Å². The van der Waals surface area contributed by atoms with Gasteiger partial charge < -0.3 is 15.0 Å². The number of ether oxygens (including phenoxy) is 1. The normalized spacial score (nSPS) is 11.9. The molecule has 0 aliphatic carbocycles. The Bertz CT molecular complexity index is 940. The topological polar surface area (TPSA) is 58.6 Å². The van der Waals surface area contributed by atoms with Crippen LogP contribution in [0.5, 0.6) is 5.75 Å². The Kier molecular flexibility index (Phi) is 9.04. The van der Waals surface area contributed by atoms with Crippen molar-refractivity contribution in [2.75, 3.05) is 6.61 Å². The molecule has 0 radical (unpaired) electrons. The average molecular weight is 486 g/mol. The maximum atomic E-state index is 13.1. The van der Waals surface area contributed by atoms with Crippen LogP contribution in [0.2, 0.25) is 15.1 Å². The number of hydrogen-bond donors (Lipinski definition) is 1. The molecular formula is C23H27Cl3N2O3. The monoisotopic (exact) mass is 484 g/mol. The van der Waals surface area contributed by atoms with Gasteiger partial charge in [0.1, 0.15) is 11.8 Å². The molecule has 0 aliphatic rings. The van der Waals surface area contributed by atoms with Crippen molar-refractivity contribution in [2.24, 2.45) is 0 Å². The first-order valence-electron chi connectivity index (χ1n) is 9.93. The van der Waals surface area contributed by atoms with E-state index in [0.717, 1.165) is 11.1 Å². The molecular weight excluding hydrogens is 459 g/mol. The van der Waals surface area contributed by atoms with Crippen molar-refractivity contribution >= 4 is 46.6 Å². The van der Waals surface area contributed by atoms with Crippen LogP contribution in [0, 0.1) is 13.8 Å². The van der Waals surface area contributed by atoms with Crippen molar-refractivity contribution in [3.05, 3.63) is 62.1 Å². The third kappa shape index (κ3) is 7.03. The zero-order valence-electron chi connectivity index (χ0n) is 18.3. The van der Waals surface area contributed by atoms with Crippen LogP contribution in [0.25, 0.3) is 0 Å². The van der Waals surface area contributed by atoms with Gasteiger partial charge in [0.05, 0.1) is 0 Å². The predicted octanol–water partition coefficient (Wildman–Crippen LogP) is 5.58. The summed E-state index contributed by atoms with van der Waals surface area (Å²) in [5.74, 6) is -0.0641. The quantitative estimate of drug-likeness (QED) is 0.531. The van der Waals surface area contributed by atoms with Crippen molar-refractivity contribution in [2.45, 2.75) is 53.2 Å². The first-order valence-corrected chi connectivity index (χ1v) is 11.1. The van der Waals surface area contributed by atoms with Crippen molar-refractivity contribution in [1.29, 1.82) is 0 Å². The summed E-state index contributed by atoms with van der Waals surface area (Å²) in [7, 11) is 0. The van der Waals surface area contributed by atoms with E-state index in [1.165, 1.54) is 4.90 Å². The van der Waals surface area contributed by atoms with E-state index in [1.54, 1.807) is 37.3 Å². The van der Waals surface area contributed by atoms with Crippen LogP contribution in [-0.2, 0) is 16.1 Å². The van der Waals surface area contributed by atoms with Crippen LogP contribution >= 0.6 is 34.8 Å². The van der Waals surface area contributed by atoms with E-state index < -0.39 is 6.04 Å². The summed E-state index contributed by atoms with van der Waals surface area (Å²) < 4.78 is 5.73. The number of nitrogens with one attached hydrogen (secondary N) is 1. The average Bonchev–Trinajstić information content (AvgIpc) is 2.68. The molecule has 1 N–H and O–H groups in total. The molecule has 2 amide bonds. The summed E-state index contributed by atoms with van der Waals surface area (Å²) in [6.07, 6.45) is 0. The number of rotatable bonds is 8. The molecule has 8 heteroatoms. The Morgan fingerprint density at radius 1 is 1.03 bits per heavy atom. The van der Waals surface area contributed by atoms with Gasteiger partial charge in [0.15, 0.2) is 6.61 Å². The molecule has 0 spiro atoms. The van der Waals surface area contributed by atoms with E-state index >= 15 is 0 Å². The molecule has 0 saturated heterocycles. The molecule has 0 fully saturated rings. The zero-order chi connectivity index (χ0) is 23.3. The minimum absolute atomic E-state index is 0.0534. The van der Waals surface area contributed by atoms with Crippen LogP contribution in [0.1, 0.15) is 37.5 Å². The Morgan fingerprint density at radius 3 is 2.19 bits per heavy atom. The maximum Gasteiger partial charge on any atom is 0.261 e. The van der Waals surface area contributed by atoms with Gasteiger partial charge in [-0.25, -0.2) is 0 Å². The van der Waals surface area contributed by atoms with Gasteiger partial charge >= 0.3 is 0 Å². The molecule has 2 aromatic rings. The first kappa shape index (κ1) is 25.3. The summed E-state index contributed by atoms with van der Waals surface area (Å²) in [5.41, 5.74) is 2.40. The molecule has 1 unspecified atom stereocenters. The maximum absolute atomic E-state index is 13.1. The minimum atomic E-state index is -0.723. The minimum Gasteiger partial charge on any atom is -0.484 e. The fourth-order valence-corrected chi connectivity index (χ4v) is 3.62. The van der Waals surface area contributed by atoms with E-state index in [2.05, 4.69) is 5.32 Å². The Labute approximate surface area is 198 Å². The molecule has 0 bridgehead atoms. The number of nitrogens with zero attached hydrogens (tertiary/aromatic N) is 1. The molecule has 31 heavy (non-hydrogen) atoms. The highest BCUT2D eigenvalue weighted by atomic mass is 35.5. The van der Waals surface area contributed by atoms with Crippen molar-refractivity contribution in [3.63, 3.8) is 0 Å². The van der Waals surface area contributed by atoms with E-state index in [1.807, 2.05) is 27.7 Å². The van der Waals surface area contributed by atoms with Crippen LogP contribution in [0.15, 0.2) is 30.3 Å². The van der Waals surface area contributed by atoms with Gasteiger partial charge in [-0.15, -0.1) is 0 Å². The fourth-order valence-electron chi connectivity index (χ4n) is 3.04. The first-order chi connectivity index (χ1) is 14.5. The molecule has 0 heterocycles. The van der Waals surface area contributed by atoms with E-state index in [-0.39, 0.29) is 31.0 Å². The van der Waals surface area contributed by atoms with Crippen LogP contribution < -0.4 is 10.1 Å². The zero-order valence-corrected chi connectivity index (χ0v) is 20.5. The van der Waals surface area contributed by atoms with Crippen molar-refractivity contribution in [1.82, 2.24) is 10.2 Å². The van der Waals surface area contributed by atoms with Gasteiger partial charge in [0.2, 0.25) is 5.91 Å². The van der Waals surface area contributed by atoms with E-state index in [0.29, 0.717) is 26.4 Å². The number of halogens is 3. The number of amides is 2. The molecule has 0 saturated carbocycles. The highest BCUT2D eigenvalue weighted by Crippen LogP contribution is 2.26. The number of carbonyl (C=O) groups is 2. The second-order valence-electron chi connectivity index (χ2n) is 7.76. The lowest BCUT2D eigenvalue weighted by molar-refractivity contribution is -0.142. The second-order valence-corrected chi connectivity index (χ2v) is 8.98. The summed E-state index contributed by atoms with van der Waals surface area (Å²) in [6.45, 7) is 9.06. The third-order valence-corrected chi connectivity index (χ3v) is 5.91. The summed E-state index contributed by atoms with van der Waals surface area (Å²) in [4.78, 5) is 27.2. The molecule has 1 atom stereocenters. The van der Waals surface area contributed by atoms with Crippen molar-refractivity contribution < 1.29 is 14.3 Å². The van der Waals surface area contributed by atoms with Gasteiger partial charge in [0.25, 0.3) is 5.91 Å². The number of benzene rings is 2. The Hall–Kier alpha value is -1.95. The molecule has 168 valence electrons. The molecule has 5 nitrogen and oxygen atoms in total. The second kappa shape index (κ2) is 11.1. The molecule has 0 aliphatic heterocycles. The molecule has 2 aromatic carbocycles. The summed E-state index contributed by atoms with van der Waals surface area (Å²) in [5, 5.41) is 4.42. The number of hydrogen-bond acceptors (Lipinski definition) is 3. The fraction of sp³-hybridized carbons (Fsp3) is 0.391. The summed E-state index contributed by atoms with van der Waals surface area (Å²) >= 11 is 18.5. The third-order valence-electron chi connectivity index (χ3n) is 4.73. The number of aryl methyl sites for hydroxylation is 2. The largest absolute Gasteiger partial charge is 0.484 e. The Morgan fingerprint density at radius 2 is 1.65 bits per heavy atom. The van der Waals surface area contributed by atoms with Gasteiger partial charge in [-0.05, 0) is 75.6 Å². The van der Waals surface area contributed by atoms with E-state index in [4.69, 9.17) is 39.5 Å². The lowest BCUT2D eigenvalue weighted by Crippen LogP contribution is -2.50. The van der Waals surface area contributed by atoms with Crippen molar-refractivity contribution in [3.8, 4) is 5.75 Å². The highest BCUT2D eigenvalue weighted by molar-refractivity contribution is 6.35. The van der Waals surface area contributed by atoms with Crippen LogP contribution in [-0.4, -0.2) is 35.4 Å². The van der Waals surface area contributed by atoms with E-state index in [9.17, 15) is 9.59 Å². The highest BCUT2D eigenvalue weighted by Gasteiger charge is 2.27. The lowest BCUT2D eigenvalue weighted by atomic mass is 10.1. The van der Waals surface area contributed by atoms with Gasteiger partial charge in [-0.2, -0.15) is 0 Å². The smallest absolute Gasteiger partial charge is 0.261 e. The summed E-state index contributed by atoms with van der Waals surface area (Å²) in [6, 6.07) is 7.82. The lowest BCUT2D eigenvalue weighted by Gasteiger charge is -2.29. The SMILES string of the molecule is Cc1cc(OCC(=O)N(Cc2ccc(Cl)cc2Cl)C(C)C(=O)NC(C)C)cc(C)c1Cl. The molecule has 0 aromatic heterocycles. The van der Waals surface area contributed by atoms with Crippen LogP contribution in [0.4, 0.5) is 0 Å². The number of carbonyl (C=O) groups excluding carboxylic acids is 2. The van der Waals surface area contributed by atoms with Gasteiger partial charge in [-0.3, -0.25) is 9.59 Å². The Balaban J connectivity index is 2.23. The molecule has 2 rings (SSSR count). The standard InChI is InChI=1S/C23H27Cl3N2O3/c1-13(2)27-23(30)16(5)28(11-17-6-7-18(24)10-20(17)25)21(29)12-31-19-8-14(3)22(26)15(4)9-19/h6-10,13,16H,11-12H2,1-5H3,(H,27,30). The van der Waals surface area contributed by atoms with Gasteiger partial charge in [0, 0.05) is 27.7 Å².